The van der Waals surface area contributed by atoms with Gasteiger partial charge in [-0.2, -0.15) is 4.98 Å². The predicted molar refractivity (Wildman–Crippen MR) is 119 cm³/mol. The van der Waals surface area contributed by atoms with Crippen molar-refractivity contribution < 1.29 is 9.53 Å². The second-order valence-electron chi connectivity index (χ2n) is 6.75. The lowest BCUT2D eigenvalue weighted by atomic mass is 10.2. The van der Waals surface area contributed by atoms with Gasteiger partial charge in [0.25, 0.3) is 5.91 Å². The maximum Gasteiger partial charge on any atom is 0.256 e. The summed E-state index contributed by atoms with van der Waals surface area (Å²) in [6.45, 7) is 0.651. The molecular weight excluding hydrogens is 394 g/mol. The Morgan fingerprint density at radius 1 is 1.06 bits per heavy atom. The molecule has 0 aliphatic rings. The fourth-order valence-corrected chi connectivity index (χ4v) is 3.13. The highest BCUT2D eigenvalue weighted by molar-refractivity contribution is 5.97. The summed E-state index contributed by atoms with van der Waals surface area (Å²) in [5.74, 6) is -0.125. The van der Waals surface area contributed by atoms with Gasteiger partial charge in [0, 0.05) is 37.4 Å². The second kappa shape index (κ2) is 9.19. The molecule has 8 nitrogen and oxygen atoms in total. The van der Waals surface area contributed by atoms with Crippen LogP contribution in [0.15, 0.2) is 77.9 Å². The van der Waals surface area contributed by atoms with Crippen molar-refractivity contribution in [1.29, 1.82) is 0 Å². The van der Waals surface area contributed by atoms with Gasteiger partial charge in [-0.3, -0.25) is 9.59 Å². The van der Waals surface area contributed by atoms with Crippen molar-refractivity contribution in [2.75, 3.05) is 25.6 Å². The Kier molecular flexibility index (Phi) is 6.00. The molecule has 2 heterocycles. The van der Waals surface area contributed by atoms with Crippen LogP contribution in [0.2, 0.25) is 0 Å². The van der Waals surface area contributed by atoms with Gasteiger partial charge < -0.3 is 19.9 Å². The molecule has 4 rings (SSSR count). The van der Waals surface area contributed by atoms with E-state index in [2.05, 4.69) is 20.6 Å². The SMILES string of the molecule is COCCNC(=O)c1cn(-c2ccccc2)c2nc(Nc3ccccc3)ncc2c1=O. The van der Waals surface area contributed by atoms with E-state index in [0.29, 0.717) is 24.7 Å². The smallest absolute Gasteiger partial charge is 0.256 e. The molecule has 0 saturated carbocycles. The zero-order valence-electron chi connectivity index (χ0n) is 16.9. The van der Waals surface area contributed by atoms with E-state index in [4.69, 9.17) is 4.74 Å². The number of carbonyl (C=O) groups is 1. The Morgan fingerprint density at radius 3 is 2.48 bits per heavy atom. The van der Waals surface area contributed by atoms with Crippen LogP contribution < -0.4 is 16.1 Å². The molecule has 2 aromatic carbocycles. The molecule has 0 spiro atoms. The van der Waals surface area contributed by atoms with Crippen LogP contribution in [0.5, 0.6) is 0 Å². The molecular formula is C23H21N5O3. The highest BCUT2D eigenvalue weighted by Gasteiger charge is 2.18. The van der Waals surface area contributed by atoms with Crippen LogP contribution in [0.1, 0.15) is 10.4 Å². The maximum absolute atomic E-state index is 13.0. The summed E-state index contributed by atoms with van der Waals surface area (Å²) in [4.78, 5) is 34.6. The first kappa shape index (κ1) is 20.2. The number of methoxy groups -OCH3 is 1. The second-order valence-corrected chi connectivity index (χ2v) is 6.75. The minimum Gasteiger partial charge on any atom is -0.383 e. The van der Waals surface area contributed by atoms with Gasteiger partial charge in [0.1, 0.15) is 5.56 Å². The Morgan fingerprint density at radius 2 is 1.77 bits per heavy atom. The van der Waals surface area contributed by atoms with Crippen LogP contribution in [-0.4, -0.2) is 40.7 Å². The molecule has 31 heavy (non-hydrogen) atoms. The number of nitrogens with one attached hydrogen (secondary N) is 2. The topological polar surface area (TPSA) is 98.1 Å². The van der Waals surface area contributed by atoms with Gasteiger partial charge in [-0.1, -0.05) is 36.4 Å². The number of hydrogen-bond donors (Lipinski definition) is 2. The molecule has 156 valence electrons. The van der Waals surface area contributed by atoms with Gasteiger partial charge in [0.05, 0.1) is 12.0 Å². The van der Waals surface area contributed by atoms with Gasteiger partial charge in [0.2, 0.25) is 11.4 Å². The van der Waals surface area contributed by atoms with Crippen molar-refractivity contribution in [3.05, 3.63) is 88.8 Å². The molecule has 0 unspecified atom stereocenters. The lowest BCUT2D eigenvalue weighted by Gasteiger charge is -2.14. The van der Waals surface area contributed by atoms with E-state index in [-0.39, 0.29) is 10.9 Å². The third kappa shape index (κ3) is 4.44. The van der Waals surface area contributed by atoms with Crippen molar-refractivity contribution in [2.24, 2.45) is 0 Å². The summed E-state index contributed by atoms with van der Waals surface area (Å²) in [7, 11) is 1.54. The number of anilines is 2. The van der Waals surface area contributed by atoms with E-state index < -0.39 is 11.3 Å². The molecule has 2 aromatic heterocycles. The van der Waals surface area contributed by atoms with E-state index in [1.807, 2.05) is 60.7 Å². The largest absolute Gasteiger partial charge is 0.383 e. The van der Waals surface area contributed by atoms with Crippen LogP contribution in [0, 0.1) is 0 Å². The van der Waals surface area contributed by atoms with Gasteiger partial charge >= 0.3 is 0 Å². The van der Waals surface area contributed by atoms with E-state index in [1.165, 1.54) is 12.4 Å². The first-order valence-electron chi connectivity index (χ1n) is 9.74. The predicted octanol–water partition coefficient (Wildman–Crippen LogP) is 2.90. The molecule has 0 radical (unpaired) electrons. The minimum atomic E-state index is -0.472. The number of benzene rings is 2. The quantitative estimate of drug-likeness (QED) is 0.451. The molecule has 0 aliphatic heterocycles. The summed E-state index contributed by atoms with van der Waals surface area (Å²) < 4.78 is 6.68. The van der Waals surface area contributed by atoms with Crippen molar-refractivity contribution in [3.8, 4) is 5.69 Å². The molecule has 0 aliphatic carbocycles. The summed E-state index contributed by atoms with van der Waals surface area (Å²) in [5.41, 5.74) is 1.58. The number of aromatic nitrogens is 3. The lowest BCUT2D eigenvalue weighted by molar-refractivity contribution is 0.0935. The van der Waals surface area contributed by atoms with Crippen LogP contribution >= 0.6 is 0 Å². The summed E-state index contributed by atoms with van der Waals surface area (Å²) >= 11 is 0. The molecule has 4 aromatic rings. The molecule has 0 bridgehead atoms. The van der Waals surface area contributed by atoms with Gasteiger partial charge in [-0.05, 0) is 24.3 Å². The number of rotatable bonds is 7. The number of para-hydroxylation sites is 2. The number of pyridine rings is 1. The van der Waals surface area contributed by atoms with E-state index >= 15 is 0 Å². The number of hydrogen-bond acceptors (Lipinski definition) is 6. The highest BCUT2D eigenvalue weighted by Crippen LogP contribution is 2.19. The van der Waals surface area contributed by atoms with Crippen molar-refractivity contribution in [2.45, 2.75) is 0 Å². The fraction of sp³-hybridized carbons (Fsp3) is 0.130. The maximum atomic E-state index is 13.0. The normalized spacial score (nSPS) is 10.7. The lowest BCUT2D eigenvalue weighted by Crippen LogP contribution is -2.32. The summed E-state index contributed by atoms with van der Waals surface area (Å²) in [5, 5.41) is 6.08. The first-order chi connectivity index (χ1) is 15.2. The molecule has 0 atom stereocenters. The van der Waals surface area contributed by atoms with E-state index in [9.17, 15) is 9.59 Å². The number of nitrogens with zero attached hydrogens (tertiary/aromatic N) is 3. The average molecular weight is 415 g/mol. The Hall–Kier alpha value is -4.04. The van der Waals surface area contributed by atoms with Gasteiger partial charge in [-0.25, -0.2) is 4.98 Å². The summed E-state index contributed by atoms with van der Waals surface area (Å²) in [6, 6.07) is 18.9. The molecule has 8 heteroatoms. The first-order valence-corrected chi connectivity index (χ1v) is 9.74. The summed E-state index contributed by atoms with van der Waals surface area (Å²) in [6.07, 6.45) is 2.96. The van der Waals surface area contributed by atoms with Crippen molar-refractivity contribution in [1.82, 2.24) is 19.9 Å². The zero-order chi connectivity index (χ0) is 21.6. The van der Waals surface area contributed by atoms with E-state index in [0.717, 1.165) is 11.4 Å². The Labute approximate surface area is 178 Å². The third-order valence-electron chi connectivity index (χ3n) is 4.64. The van der Waals surface area contributed by atoms with Crippen LogP contribution in [-0.2, 0) is 4.74 Å². The monoisotopic (exact) mass is 415 g/mol. The van der Waals surface area contributed by atoms with Crippen molar-refractivity contribution >= 4 is 28.6 Å². The number of amides is 1. The molecule has 1 amide bonds. The Balaban J connectivity index is 1.84. The zero-order valence-corrected chi connectivity index (χ0v) is 16.9. The van der Waals surface area contributed by atoms with E-state index in [1.54, 1.807) is 11.7 Å². The molecule has 2 N–H and O–H groups in total. The van der Waals surface area contributed by atoms with Gasteiger partial charge in [0.15, 0.2) is 5.65 Å². The highest BCUT2D eigenvalue weighted by atomic mass is 16.5. The third-order valence-corrected chi connectivity index (χ3v) is 4.64. The van der Waals surface area contributed by atoms with Crippen molar-refractivity contribution in [3.63, 3.8) is 0 Å². The van der Waals surface area contributed by atoms with Gasteiger partial charge in [-0.15, -0.1) is 0 Å². The van der Waals surface area contributed by atoms with Crippen LogP contribution in [0.25, 0.3) is 16.7 Å². The molecule has 0 saturated heterocycles. The minimum absolute atomic E-state index is 0.0137. The number of carbonyl (C=O) groups excluding carboxylic acids is 1. The molecule has 0 fully saturated rings. The Bertz CT molecular complexity index is 1260. The average Bonchev–Trinajstić information content (AvgIpc) is 2.80. The fourth-order valence-electron chi connectivity index (χ4n) is 3.13. The van der Waals surface area contributed by atoms with Crippen LogP contribution in [0.4, 0.5) is 11.6 Å². The van der Waals surface area contributed by atoms with Crippen LogP contribution in [0.3, 0.4) is 0 Å². The standard InChI is InChI=1S/C23H21N5O3/c1-31-13-12-24-22(30)19-15-28(17-10-6-3-7-11-17)21-18(20(19)29)14-25-23(27-21)26-16-8-4-2-5-9-16/h2-11,14-15H,12-13H2,1H3,(H,24,30)(H,25,26,27). The number of fused-ring (bicyclic) bond motifs is 1. The number of ether oxygens (including phenoxy) is 1.